The summed E-state index contributed by atoms with van der Waals surface area (Å²) in [5, 5.41) is 16.8. The lowest BCUT2D eigenvalue weighted by atomic mass is 10.0. The Kier molecular flexibility index (Phi) is 5.83. The van der Waals surface area contributed by atoms with Crippen LogP contribution in [0.4, 0.5) is 0 Å². The highest BCUT2D eigenvalue weighted by Gasteiger charge is 2.18. The highest BCUT2D eigenvalue weighted by Crippen LogP contribution is 2.16. The summed E-state index contributed by atoms with van der Waals surface area (Å²) >= 11 is 0. The van der Waals surface area contributed by atoms with E-state index in [1.807, 2.05) is 19.1 Å². The molecule has 0 spiro atoms. The maximum atomic E-state index is 12.3. The number of carbonyl (C=O) groups excluding carboxylic acids is 1. The predicted molar refractivity (Wildman–Crippen MR) is 96.0 cm³/mol. The fourth-order valence-corrected chi connectivity index (χ4v) is 3.13. The number of piperidine rings is 1. The van der Waals surface area contributed by atoms with E-state index in [-0.39, 0.29) is 12.0 Å². The van der Waals surface area contributed by atoms with Crippen LogP contribution in [0, 0.1) is 0 Å². The SMILES string of the molecule is CCn1cc(C(=O)NCc2ccccc2CN2CCC(O)CC2)cn1. The van der Waals surface area contributed by atoms with Crippen molar-refractivity contribution in [2.24, 2.45) is 0 Å². The van der Waals surface area contributed by atoms with Gasteiger partial charge in [0, 0.05) is 38.9 Å². The summed E-state index contributed by atoms with van der Waals surface area (Å²) in [4.78, 5) is 14.6. The first-order chi connectivity index (χ1) is 12.2. The molecule has 6 heteroatoms. The number of rotatable bonds is 6. The smallest absolute Gasteiger partial charge is 0.254 e. The van der Waals surface area contributed by atoms with E-state index in [0.29, 0.717) is 12.1 Å². The zero-order chi connectivity index (χ0) is 17.6. The Morgan fingerprint density at radius 1 is 1.28 bits per heavy atom. The quantitative estimate of drug-likeness (QED) is 0.840. The summed E-state index contributed by atoms with van der Waals surface area (Å²) in [5.41, 5.74) is 2.94. The molecule has 0 atom stereocenters. The van der Waals surface area contributed by atoms with Crippen LogP contribution in [0.5, 0.6) is 0 Å². The molecule has 0 aliphatic carbocycles. The predicted octanol–water partition coefficient (Wildman–Crippen LogP) is 1.79. The third kappa shape index (κ3) is 4.67. The van der Waals surface area contributed by atoms with E-state index in [9.17, 15) is 9.90 Å². The van der Waals surface area contributed by atoms with Gasteiger partial charge in [0.25, 0.3) is 5.91 Å². The number of aryl methyl sites for hydroxylation is 1. The van der Waals surface area contributed by atoms with Gasteiger partial charge in [-0.2, -0.15) is 5.10 Å². The zero-order valence-electron chi connectivity index (χ0n) is 14.7. The largest absolute Gasteiger partial charge is 0.393 e. The Bertz CT molecular complexity index is 705. The number of nitrogens with zero attached hydrogens (tertiary/aromatic N) is 3. The first-order valence-corrected chi connectivity index (χ1v) is 8.93. The Balaban J connectivity index is 1.59. The second kappa shape index (κ2) is 8.27. The molecule has 3 rings (SSSR count). The van der Waals surface area contributed by atoms with Gasteiger partial charge in [0.05, 0.1) is 17.9 Å². The van der Waals surface area contributed by atoms with Crippen LogP contribution in [0.3, 0.4) is 0 Å². The molecule has 1 aromatic heterocycles. The molecule has 2 heterocycles. The molecule has 1 aromatic carbocycles. The van der Waals surface area contributed by atoms with Crippen LogP contribution in [-0.2, 0) is 19.6 Å². The molecule has 1 fully saturated rings. The van der Waals surface area contributed by atoms with Crippen molar-refractivity contribution < 1.29 is 9.90 Å². The molecule has 0 bridgehead atoms. The van der Waals surface area contributed by atoms with Crippen molar-refractivity contribution in [2.75, 3.05) is 13.1 Å². The molecule has 0 unspecified atom stereocenters. The first kappa shape index (κ1) is 17.6. The van der Waals surface area contributed by atoms with Gasteiger partial charge in [-0.1, -0.05) is 24.3 Å². The van der Waals surface area contributed by atoms with E-state index in [0.717, 1.165) is 44.6 Å². The average molecular weight is 342 g/mol. The van der Waals surface area contributed by atoms with Gasteiger partial charge in [0.15, 0.2) is 0 Å². The van der Waals surface area contributed by atoms with E-state index < -0.39 is 0 Å². The number of carbonyl (C=O) groups is 1. The van der Waals surface area contributed by atoms with Crippen LogP contribution in [0.25, 0.3) is 0 Å². The second-order valence-electron chi connectivity index (χ2n) is 6.54. The number of hydrogen-bond donors (Lipinski definition) is 2. The van der Waals surface area contributed by atoms with Gasteiger partial charge in [-0.3, -0.25) is 14.4 Å². The average Bonchev–Trinajstić information content (AvgIpc) is 3.12. The van der Waals surface area contributed by atoms with Crippen molar-refractivity contribution in [3.05, 3.63) is 53.3 Å². The normalized spacial score (nSPS) is 16.1. The Morgan fingerprint density at radius 2 is 2.00 bits per heavy atom. The molecule has 1 saturated heterocycles. The van der Waals surface area contributed by atoms with E-state index in [1.54, 1.807) is 17.1 Å². The number of amides is 1. The number of aliphatic hydroxyl groups excluding tert-OH is 1. The van der Waals surface area contributed by atoms with Crippen LogP contribution >= 0.6 is 0 Å². The number of likely N-dealkylation sites (tertiary alicyclic amines) is 1. The van der Waals surface area contributed by atoms with Gasteiger partial charge in [-0.05, 0) is 30.9 Å². The Morgan fingerprint density at radius 3 is 2.68 bits per heavy atom. The van der Waals surface area contributed by atoms with Gasteiger partial charge in [-0.25, -0.2) is 0 Å². The molecule has 1 amide bonds. The molecule has 1 aliphatic heterocycles. The lowest BCUT2D eigenvalue weighted by Gasteiger charge is -2.30. The van der Waals surface area contributed by atoms with Gasteiger partial charge in [0.1, 0.15) is 0 Å². The standard InChI is InChI=1S/C19H26N4O2/c1-2-23-14-17(12-21-23)19(25)20-11-15-5-3-4-6-16(15)13-22-9-7-18(24)8-10-22/h3-6,12,14,18,24H,2,7-11,13H2,1H3,(H,20,25). The summed E-state index contributed by atoms with van der Waals surface area (Å²) in [7, 11) is 0. The number of aromatic nitrogens is 2. The summed E-state index contributed by atoms with van der Waals surface area (Å²) in [5.74, 6) is -0.101. The van der Waals surface area contributed by atoms with Crippen molar-refractivity contribution >= 4 is 5.91 Å². The highest BCUT2D eigenvalue weighted by atomic mass is 16.3. The first-order valence-electron chi connectivity index (χ1n) is 8.93. The molecule has 25 heavy (non-hydrogen) atoms. The third-order valence-corrected chi connectivity index (χ3v) is 4.73. The Labute approximate surface area is 148 Å². The molecule has 134 valence electrons. The summed E-state index contributed by atoms with van der Waals surface area (Å²) in [6, 6.07) is 8.20. The van der Waals surface area contributed by atoms with Crippen LogP contribution in [0.15, 0.2) is 36.7 Å². The second-order valence-corrected chi connectivity index (χ2v) is 6.54. The number of nitrogens with one attached hydrogen (secondary N) is 1. The summed E-state index contributed by atoms with van der Waals surface area (Å²) < 4.78 is 1.74. The van der Waals surface area contributed by atoms with Crippen LogP contribution < -0.4 is 5.32 Å². The van der Waals surface area contributed by atoms with Gasteiger partial charge in [-0.15, -0.1) is 0 Å². The maximum Gasteiger partial charge on any atom is 0.254 e. The van der Waals surface area contributed by atoms with E-state index in [1.165, 1.54) is 5.56 Å². The topological polar surface area (TPSA) is 70.4 Å². The lowest BCUT2D eigenvalue weighted by Crippen LogP contribution is -2.35. The van der Waals surface area contributed by atoms with Crippen molar-refractivity contribution in [1.82, 2.24) is 20.0 Å². The molecule has 2 N–H and O–H groups in total. The van der Waals surface area contributed by atoms with Crippen LogP contribution in [-0.4, -0.2) is 44.9 Å². The monoisotopic (exact) mass is 342 g/mol. The molecule has 6 nitrogen and oxygen atoms in total. The maximum absolute atomic E-state index is 12.3. The highest BCUT2D eigenvalue weighted by molar-refractivity contribution is 5.93. The molecule has 2 aromatic rings. The number of aliphatic hydroxyl groups is 1. The molecule has 0 saturated carbocycles. The number of benzene rings is 1. The van der Waals surface area contributed by atoms with Gasteiger partial charge in [0.2, 0.25) is 0 Å². The van der Waals surface area contributed by atoms with Crippen molar-refractivity contribution in [3.63, 3.8) is 0 Å². The zero-order valence-corrected chi connectivity index (χ0v) is 14.7. The molecular weight excluding hydrogens is 316 g/mol. The van der Waals surface area contributed by atoms with Gasteiger partial charge < -0.3 is 10.4 Å². The van der Waals surface area contributed by atoms with E-state index >= 15 is 0 Å². The minimum atomic E-state index is -0.158. The fraction of sp³-hybridized carbons (Fsp3) is 0.474. The van der Waals surface area contributed by atoms with E-state index in [2.05, 4.69) is 27.4 Å². The van der Waals surface area contributed by atoms with Gasteiger partial charge >= 0.3 is 0 Å². The Hall–Kier alpha value is -2.18. The molecular formula is C19H26N4O2. The minimum Gasteiger partial charge on any atom is -0.393 e. The lowest BCUT2D eigenvalue weighted by molar-refractivity contribution is 0.0790. The summed E-state index contributed by atoms with van der Waals surface area (Å²) in [6.45, 7) is 5.93. The van der Waals surface area contributed by atoms with Crippen LogP contribution in [0.2, 0.25) is 0 Å². The van der Waals surface area contributed by atoms with Crippen molar-refractivity contribution in [1.29, 1.82) is 0 Å². The van der Waals surface area contributed by atoms with Crippen molar-refractivity contribution in [3.8, 4) is 0 Å². The molecule has 0 radical (unpaired) electrons. The summed E-state index contributed by atoms with van der Waals surface area (Å²) in [6.07, 6.45) is 4.87. The molecule has 1 aliphatic rings. The van der Waals surface area contributed by atoms with Crippen LogP contribution in [0.1, 0.15) is 41.3 Å². The van der Waals surface area contributed by atoms with E-state index in [4.69, 9.17) is 0 Å². The fourth-order valence-electron chi connectivity index (χ4n) is 3.13. The van der Waals surface area contributed by atoms with Crippen molar-refractivity contribution in [2.45, 2.75) is 45.5 Å². The number of hydrogen-bond acceptors (Lipinski definition) is 4. The minimum absolute atomic E-state index is 0.101. The third-order valence-electron chi connectivity index (χ3n) is 4.73.